The summed E-state index contributed by atoms with van der Waals surface area (Å²) in [6.07, 6.45) is 1.72. The van der Waals surface area contributed by atoms with E-state index < -0.39 is 0 Å². The van der Waals surface area contributed by atoms with Gasteiger partial charge in [-0.05, 0) is 30.7 Å². The Kier molecular flexibility index (Phi) is 7.92. The molecule has 0 radical (unpaired) electrons. The standard InChI is InChI=1S/C25H33N3O5/c1-6-23(30)27(4)14-22-16(2)13-28(17(3)15-29)25(31)21-11-19(12-26-24(21)33-22)18-8-7-9-20(10-18)32-5/h7-12,16-17,22,29H,6,13-15H2,1-5H3/t16-,17-,22-/m0/s1. The number of hydrogen-bond donors (Lipinski definition) is 1. The molecule has 0 fully saturated rings. The van der Waals surface area contributed by atoms with E-state index in [1.807, 2.05) is 45.0 Å². The van der Waals surface area contributed by atoms with Crippen LogP contribution in [0.4, 0.5) is 0 Å². The lowest BCUT2D eigenvalue weighted by atomic mass is 9.99. The van der Waals surface area contributed by atoms with Crippen molar-refractivity contribution in [2.45, 2.75) is 39.3 Å². The number of pyridine rings is 1. The fourth-order valence-corrected chi connectivity index (χ4v) is 3.92. The molecule has 1 N–H and O–H groups in total. The highest BCUT2D eigenvalue weighted by molar-refractivity contribution is 5.98. The van der Waals surface area contributed by atoms with Crippen LogP contribution in [0.2, 0.25) is 0 Å². The van der Waals surface area contributed by atoms with Crippen LogP contribution in [0.5, 0.6) is 11.6 Å². The molecule has 1 aromatic heterocycles. The van der Waals surface area contributed by atoms with E-state index in [0.29, 0.717) is 30.8 Å². The van der Waals surface area contributed by atoms with Crippen molar-refractivity contribution in [3.8, 4) is 22.8 Å². The zero-order valence-electron chi connectivity index (χ0n) is 19.9. The van der Waals surface area contributed by atoms with Gasteiger partial charge in [0.05, 0.1) is 26.3 Å². The molecule has 0 saturated heterocycles. The second kappa shape index (κ2) is 10.7. The maximum atomic E-state index is 13.5. The lowest BCUT2D eigenvalue weighted by molar-refractivity contribution is -0.131. The van der Waals surface area contributed by atoms with Crippen LogP contribution in [0.15, 0.2) is 36.5 Å². The number of likely N-dealkylation sites (N-methyl/N-ethyl adjacent to an activating group) is 1. The maximum absolute atomic E-state index is 13.5. The number of fused-ring (bicyclic) bond motifs is 1. The summed E-state index contributed by atoms with van der Waals surface area (Å²) >= 11 is 0. The fraction of sp³-hybridized carbons (Fsp3) is 0.480. The fourth-order valence-electron chi connectivity index (χ4n) is 3.92. The van der Waals surface area contributed by atoms with Gasteiger partial charge in [-0.2, -0.15) is 0 Å². The van der Waals surface area contributed by atoms with Crippen molar-refractivity contribution < 1.29 is 24.2 Å². The van der Waals surface area contributed by atoms with Gasteiger partial charge in [0.15, 0.2) is 0 Å². The second-order valence-electron chi connectivity index (χ2n) is 8.56. The van der Waals surface area contributed by atoms with Gasteiger partial charge in [-0.1, -0.05) is 26.0 Å². The molecule has 2 amide bonds. The molecule has 8 nitrogen and oxygen atoms in total. The van der Waals surface area contributed by atoms with Crippen LogP contribution in [0, 0.1) is 5.92 Å². The molecule has 0 aliphatic carbocycles. The summed E-state index contributed by atoms with van der Waals surface area (Å²) in [5.74, 6) is 0.631. The van der Waals surface area contributed by atoms with E-state index in [9.17, 15) is 14.7 Å². The topological polar surface area (TPSA) is 92.2 Å². The molecule has 2 heterocycles. The van der Waals surface area contributed by atoms with E-state index in [4.69, 9.17) is 9.47 Å². The number of ether oxygens (including phenoxy) is 2. The highest BCUT2D eigenvalue weighted by atomic mass is 16.5. The third-order valence-corrected chi connectivity index (χ3v) is 6.11. The Balaban J connectivity index is 2.04. The number of aromatic nitrogens is 1. The number of carbonyl (C=O) groups excluding carboxylic acids is 2. The van der Waals surface area contributed by atoms with Crippen molar-refractivity contribution in [2.75, 3.05) is 33.9 Å². The zero-order valence-corrected chi connectivity index (χ0v) is 19.9. The lowest BCUT2D eigenvalue weighted by Gasteiger charge is -2.37. The number of hydrogen-bond acceptors (Lipinski definition) is 6. The van der Waals surface area contributed by atoms with Gasteiger partial charge < -0.3 is 24.4 Å². The van der Waals surface area contributed by atoms with Crippen molar-refractivity contribution in [1.82, 2.24) is 14.8 Å². The zero-order chi connectivity index (χ0) is 24.1. The molecule has 1 aliphatic rings. The van der Waals surface area contributed by atoms with Crippen LogP contribution < -0.4 is 9.47 Å². The van der Waals surface area contributed by atoms with Gasteiger partial charge in [0, 0.05) is 37.7 Å². The number of amides is 2. The first-order chi connectivity index (χ1) is 15.8. The molecule has 1 aliphatic heterocycles. The van der Waals surface area contributed by atoms with Gasteiger partial charge in [-0.25, -0.2) is 4.98 Å². The molecule has 0 unspecified atom stereocenters. The van der Waals surface area contributed by atoms with Crippen molar-refractivity contribution in [2.24, 2.45) is 5.92 Å². The smallest absolute Gasteiger partial charge is 0.259 e. The van der Waals surface area contributed by atoms with Crippen LogP contribution in [-0.2, 0) is 4.79 Å². The summed E-state index contributed by atoms with van der Waals surface area (Å²) in [7, 11) is 3.35. The molecule has 178 valence electrons. The summed E-state index contributed by atoms with van der Waals surface area (Å²) in [4.78, 5) is 33.5. The van der Waals surface area contributed by atoms with Crippen LogP contribution in [0.3, 0.4) is 0 Å². The highest BCUT2D eigenvalue weighted by Gasteiger charge is 2.34. The number of rotatable bonds is 7. The Morgan fingerprint density at radius 1 is 1.36 bits per heavy atom. The molecule has 0 bridgehead atoms. The Labute approximate surface area is 195 Å². The number of benzene rings is 1. The molecular formula is C25H33N3O5. The number of aliphatic hydroxyl groups excluding tert-OH is 1. The average Bonchev–Trinajstić information content (AvgIpc) is 2.84. The summed E-state index contributed by atoms with van der Waals surface area (Å²) < 4.78 is 11.6. The molecule has 0 saturated carbocycles. The third-order valence-electron chi connectivity index (χ3n) is 6.11. The van der Waals surface area contributed by atoms with E-state index in [1.165, 1.54) is 0 Å². The van der Waals surface area contributed by atoms with Crippen LogP contribution in [-0.4, -0.2) is 77.7 Å². The highest BCUT2D eigenvalue weighted by Crippen LogP contribution is 2.31. The first kappa shape index (κ1) is 24.5. The second-order valence-corrected chi connectivity index (χ2v) is 8.56. The minimum Gasteiger partial charge on any atom is -0.497 e. The van der Waals surface area contributed by atoms with Crippen molar-refractivity contribution >= 4 is 11.8 Å². The Bertz CT molecular complexity index is 996. The maximum Gasteiger partial charge on any atom is 0.259 e. The van der Waals surface area contributed by atoms with E-state index in [1.54, 1.807) is 36.2 Å². The molecule has 3 rings (SSSR count). The monoisotopic (exact) mass is 455 g/mol. The van der Waals surface area contributed by atoms with Crippen LogP contribution in [0.1, 0.15) is 37.6 Å². The van der Waals surface area contributed by atoms with Gasteiger partial charge in [-0.15, -0.1) is 0 Å². The van der Waals surface area contributed by atoms with Gasteiger partial charge >= 0.3 is 0 Å². The van der Waals surface area contributed by atoms with Gasteiger partial charge in [0.1, 0.15) is 17.4 Å². The molecule has 0 spiro atoms. The summed E-state index contributed by atoms with van der Waals surface area (Å²) in [6.45, 7) is 6.23. The largest absolute Gasteiger partial charge is 0.497 e. The summed E-state index contributed by atoms with van der Waals surface area (Å²) in [5.41, 5.74) is 1.95. The summed E-state index contributed by atoms with van der Waals surface area (Å²) in [5, 5.41) is 9.80. The van der Waals surface area contributed by atoms with E-state index in [0.717, 1.165) is 11.1 Å². The predicted molar refractivity (Wildman–Crippen MR) is 125 cm³/mol. The molecule has 3 atom stereocenters. The number of nitrogens with zero attached hydrogens (tertiary/aromatic N) is 3. The van der Waals surface area contributed by atoms with Crippen molar-refractivity contribution in [3.05, 3.63) is 42.1 Å². The minimum absolute atomic E-state index is 0.0195. The quantitative estimate of drug-likeness (QED) is 0.690. The first-order valence-corrected chi connectivity index (χ1v) is 11.3. The van der Waals surface area contributed by atoms with Gasteiger partial charge in [-0.3, -0.25) is 9.59 Å². The van der Waals surface area contributed by atoms with Crippen LogP contribution in [0.25, 0.3) is 11.1 Å². The van der Waals surface area contributed by atoms with Crippen molar-refractivity contribution in [3.63, 3.8) is 0 Å². The number of methoxy groups -OCH3 is 1. The lowest BCUT2D eigenvalue weighted by Crippen LogP contribution is -2.50. The number of carbonyl (C=O) groups is 2. The molecule has 8 heteroatoms. The van der Waals surface area contributed by atoms with E-state index in [2.05, 4.69) is 4.98 Å². The molecule has 2 aromatic rings. The number of aliphatic hydroxyl groups is 1. The normalized spacial score (nSPS) is 19.1. The Hall–Kier alpha value is -3.13. The molecule has 33 heavy (non-hydrogen) atoms. The molecular weight excluding hydrogens is 422 g/mol. The van der Waals surface area contributed by atoms with Gasteiger partial charge in [0.25, 0.3) is 5.91 Å². The predicted octanol–water partition coefficient (Wildman–Crippen LogP) is 2.85. The van der Waals surface area contributed by atoms with Gasteiger partial charge in [0.2, 0.25) is 11.8 Å². The Morgan fingerprint density at radius 2 is 2.12 bits per heavy atom. The van der Waals surface area contributed by atoms with Crippen LogP contribution >= 0.6 is 0 Å². The van der Waals surface area contributed by atoms with E-state index >= 15 is 0 Å². The Morgan fingerprint density at radius 3 is 2.79 bits per heavy atom. The minimum atomic E-state index is -0.373. The molecule has 1 aromatic carbocycles. The SMILES string of the molecule is CCC(=O)N(C)C[C@@H]1Oc2ncc(-c3cccc(OC)c3)cc2C(=O)N([C@@H](C)CO)C[C@@H]1C. The average molecular weight is 456 g/mol. The first-order valence-electron chi connectivity index (χ1n) is 11.3. The van der Waals surface area contributed by atoms with Crippen molar-refractivity contribution in [1.29, 1.82) is 0 Å². The van der Waals surface area contributed by atoms with E-state index in [-0.39, 0.29) is 42.4 Å². The summed E-state index contributed by atoms with van der Waals surface area (Å²) in [6, 6.07) is 8.92. The third kappa shape index (κ3) is 5.45.